The molecule has 0 N–H and O–H groups in total. The predicted octanol–water partition coefficient (Wildman–Crippen LogP) is 4.12. The molecule has 0 fully saturated rings. The van der Waals surface area contributed by atoms with E-state index < -0.39 is 16.6 Å². The summed E-state index contributed by atoms with van der Waals surface area (Å²) in [5.41, 5.74) is 0. The third-order valence-electron chi connectivity index (χ3n) is 1.89. The molecule has 0 spiro atoms. The SMILES string of the molecule is CCC(C)/C(=N/[Si](C)(C)C)O[Si](C)(C)C. The van der Waals surface area contributed by atoms with E-state index in [1.807, 2.05) is 0 Å². The normalized spacial score (nSPS) is 16.4. The molecule has 90 valence electrons. The van der Waals surface area contributed by atoms with Crippen LogP contribution in [0, 0.1) is 5.92 Å². The second-order valence-electron chi connectivity index (χ2n) is 6.14. The molecule has 0 heterocycles. The van der Waals surface area contributed by atoms with Gasteiger partial charge in [0.2, 0.25) is 8.32 Å². The van der Waals surface area contributed by atoms with E-state index in [0.717, 1.165) is 12.3 Å². The van der Waals surface area contributed by atoms with Gasteiger partial charge in [0.05, 0.1) is 0 Å². The second kappa shape index (κ2) is 5.30. The van der Waals surface area contributed by atoms with Gasteiger partial charge in [0.25, 0.3) is 0 Å². The van der Waals surface area contributed by atoms with E-state index in [-0.39, 0.29) is 0 Å². The van der Waals surface area contributed by atoms with Crippen LogP contribution in [0.4, 0.5) is 0 Å². The van der Waals surface area contributed by atoms with Crippen LogP contribution < -0.4 is 0 Å². The van der Waals surface area contributed by atoms with Gasteiger partial charge in [-0.3, -0.25) is 4.66 Å². The first-order valence-electron chi connectivity index (χ1n) is 5.84. The maximum atomic E-state index is 6.09. The first kappa shape index (κ1) is 14.9. The summed E-state index contributed by atoms with van der Waals surface area (Å²) >= 11 is 0. The Hall–Kier alpha value is -0.0962. The minimum atomic E-state index is -1.51. The molecule has 0 aliphatic rings. The van der Waals surface area contributed by atoms with Gasteiger partial charge in [0, 0.05) is 5.92 Å². The maximum absolute atomic E-state index is 6.09. The van der Waals surface area contributed by atoms with Gasteiger partial charge >= 0.3 is 0 Å². The lowest BCUT2D eigenvalue weighted by molar-refractivity contribution is 0.491. The fourth-order valence-corrected chi connectivity index (χ4v) is 2.95. The first-order valence-corrected chi connectivity index (χ1v) is 12.7. The monoisotopic (exact) mass is 245 g/mol. The van der Waals surface area contributed by atoms with Crippen molar-refractivity contribution >= 4 is 22.5 Å². The number of hydrogen-bond donors (Lipinski definition) is 0. The average molecular weight is 246 g/mol. The molecule has 0 bridgehead atoms. The van der Waals surface area contributed by atoms with Gasteiger partial charge in [-0.25, -0.2) is 0 Å². The van der Waals surface area contributed by atoms with Crippen molar-refractivity contribution < 1.29 is 4.43 Å². The molecule has 0 amide bonds. The third-order valence-corrected chi connectivity index (χ3v) is 3.60. The Balaban J connectivity index is 4.83. The third kappa shape index (κ3) is 7.79. The van der Waals surface area contributed by atoms with Crippen LogP contribution in [0.5, 0.6) is 0 Å². The summed E-state index contributed by atoms with van der Waals surface area (Å²) in [6, 6.07) is 0. The Morgan fingerprint density at radius 1 is 1.13 bits per heavy atom. The van der Waals surface area contributed by atoms with E-state index in [1.54, 1.807) is 0 Å². The lowest BCUT2D eigenvalue weighted by Crippen LogP contribution is -2.34. The van der Waals surface area contributed by atoms with Crippen LogP contribution in [-0.4, -0.2) is 22.5 Å². The molecule has 0 aromatic rings. The molecule has 1 atom stereocenters. The van der Waals surface area contributed by atoms with Gasteiger partial charge in [0.1, 0.15) is 0 Å². The summed E-state index contributed by atoms with van der Waals surface area (Å²) < 4.78 is 10.9. The highest BCUT2D eigenvalue weighted by Crippen LogP contribution is 2.15. The summed E-state index contributed by atoms with van der Waals surface area (Å²) in [6.45, 7) is 17.8. The van der Waals surface area contributed by atoms with Crippen LogP contribution in [0.3, 0.4) is 0 Å². The van der Waals surface area contributed by atoms with Crippen molar-refractivity contribution in [2.75, 3.05) is 0 Å². The Bertz CT molecular complexity index is 226. The molecule has 0 aromatic carbocycles. The standard InChI is InChI=1S/C11H27NOSi2/c1-9-10(2)11(12-14(3,4)5)13-15(6,7)8/h10H,9H2,1-8H3/b12-11-. The van der Waals surface area contributed by atoms with E-state index in [0.29, 0.717) is 5.92 Å². The van der Waals surface area contributed by atoms with Crippen molar-refractivity contribution in [2.45, 2.75) is 59.6 Å². The van der Waals surface area contributed by atoms with Gasteiger partial charge in [-0.05, 0) is 45.7 Å². The highest BCUT2D eigenvalue weighted by atomic mass is 28.4. The van der Waals surface area contributed by atoms with Crippen molar-refractivity contribution in [1.82, 2.24) is 0 Å². The molecule has 15 heavy (non-hydrogen) atoms. The molecule has 0 saturated heterocycles. The highest BCUT2D eigenvalue weighted by molar-refractivity contribution is 6.76. The van der Waals surface area contributed by atoms with Gasteiger partial charge in [-0.1, -0.05) is 13.8 Å². The Kier molecular flexibility index (Phi) is 5.26. The fraction of sp³-hybridized carbons (Fsp3) is 0.909. The van der Waals surface area contributed by atoms with Crippen LogP contribution in [0.15, 0.2) is 4.66 Å². The lowest BCUT2D eigenvalue weighted by atomic mass is 10.1. The van der Waals surface area contributed by atoms with Crippen LogP contribution in [0.25, 0.3) is 0 Å². The zero-order valence-electron chi connectivity index (χ0n) is 11.6. The highest BCUT2D eigenvalue weighted by Gasteiger charge is 2.24. The quantitative estimate of drug-likeness (QED) is 0.415. The molecular formula is C11H27NOSi2. The number of hydrogen-bond acceptors (Lipinski definition) is 2. The summed E-state index contributed by atoms with van der Waals surface area (Å²) in [4.78, 5) is 0. The van der Waals surface area contributed by atoms with Gasteiger partial charge in [-0.15, -0.1) is 0 Å². The molecule has 1 unspecified atom stereocenters. The summed E-state index contributed by atoms with van der Waals surface area (Å²) in [6.07, 6.45) is 1.10. The fourth-order valence-electron chi connectivity index (χ4n) is 1.05. The van der Waals surface area contributed by atoms with Crippen LogP contribution >= 0.6 is 0 Å². The first-order chi connectivity index (χ1) is 6.55. The van der Waals surface area contributed by atoms with Crippen molar-refractivity contribution in [3.63, 3.8) is 0 Å². The molecule has 2 nitrogen and oxygen atoms in total. The topological polar surface area (TPSA) is 21.6 Å². The van der Waals surface area contributed by atoms with Crippen LogP contribution in [0.1, 0.15) is 20.3 Å². The van der Waals surface area contributed by atoms with Gasteiger partial charge in [-0.2, -0.15) is 0 Å². The largest absolute Gasteiger partial charge is 0.535 e. The molecule has 0 aliphatic heterocycles. The van der Waals surface area contributed by atoms with Crippen LogP contribution in [0.2, 0.25) is 39.3 Å². The Labute approximate surface area is 97.4 Å². The van der Waals surface area contributed by atoms with Crippen molar-refractivity contribution in [2.24, 2.45) is 10.6 Å². The van der Waals surface area contributed by atoms with E-state index in [4.69, 9.17) is 9.08 Å². The molecule has 0 aromatic heterocycles. The maximum Gasteiger partial charge on any atom is 0.243 e. The zero-order chi connectivity index (χ0) is 12.3. The van der Waals surface area contributed by atoms with Crippen molar-refractivity contribution in [3.05, 3.63) is 0 Å². The minimum absolute atomic E-state index is 0.462. The number of rotatable bonds is 4. The Morgan fingerprint density at radius 2 is 1.60 bits per heavy atom. The molecule has 0 saturated carbocycles. The molecule has 0 aliphatic carbocycles. The summed E-state index contributed by atoms with van der Waals surface area (Å²) in [5, 5.41) is 0. The summed E-state index contributed by atoms with van der Waals surface area (Å²) in [5.74, 6) is 1.47. The zero-order valence-corrected chi connectivity index (χ0v) is 13.6. The van der Waals surface area contributed by atoms with E-state index in [1.165, 1.54) is 0 Å². The van der Waals surface area contributed by atoms with Crippen molar-refractivity contribution in [3.8, 4) is 0 Å². The smallest absolute Gasteiger partial charge is 0.243 e. The summed E-state index contributed by atoms with van der Waals surface area (Å²) in [7, 11) is -2.92. The van der Waals surface area contributed by atoms with Crippen molar-refractivity contribution in [1.29, 1.82) is 0 Å². The lowest BCUT2D eigenvalue weighted by Gasteiger charge is -2.26. The van der Waals surface area contributed by atoms with E-state index in [2.05, 4.69) is 53.1 Å². The van der Waals surface area contributed by atoms with Gasteiger partial charge in [0.15, 0.2) is 14.1 Å². The Morgan fingerprint density at radius 3 is 1.87 bits per heavy atom. The average Bonchev–Trinajstić information content (AvgIpc) is 1.96. The van der Waals surface area contributed by atoms with E-state index >= 15 is 0 Å². The number of nitrogens with zero attached hydrogens (tertiary/aromatic N) is 1. The van der Waals surface area contributed by atoms with E-state index in [9.17, 15) is 0 Å². The molecule has 4 heteroatoms. The molecule has 0 radical (unpaired) electrons. The molecule has 0 rings (SSSR count). The van der Waals surface area contributed by atoms with Crippen LogP contribution in [-0.2, 0) is 4.43 Å². The minimum Gasteiger partial charge on any atom is -0.535 e. The van der Waals surface area contributed by atoms with Gasteiger partial charge < -0.3 is 4.43 Å². The molecular weight excluding hydrogens is 218 g/mol. The predicted molar refractivity (Wildman–Crippen MR) is 74.7 cm³/mol. The second-order valence-corrected chi connectivity index (χ2v) is 15.1.